The minimum Gasteiger partial charge on any atom is -0.353 e. The number of amides is 1. The monoisotopic (exact) mass is 198 g/mol. The molecule has 3 nitrogen and oxygen atoms in total. The topological polar surface area (TPSA) is 32.3 Å². The molecule has 0 saturated heterocycles. The molecule has 0 bridgehead atoms. The molecule has 1 fully saturated rings. The number of hydrogen-bond acceptors (Lipinski definition) is 2. The Labute approximate surface area is 86.9 Å². The summed E-state index contributed by atoms with van der Waals surface area (Å²) in [5, 5.41) is 3.10. The molecule has 0 heterocycles. The maximum atomic E-state index is 11.5. The van der Waals surface area contributed by atoms with Crippen LogP contribution >= 0.6 is 0 Å². The molecule has 0 aromatic carbocycles. The molecule has 14 heavy (non-hydrogen) atoms. The maximum absolute atomic E-state index is 11.5. The Morgan fingerprint density at radius 3 is 2.43 bits per heavy atom. The van der Waals surface area contributed by atoms with Crippen LogP contribution in [-0.2, 0) is 4.79 Å². The Morgan fingerprint density at radius 2 is 2.00 bits per heavy atom. The number of carbonyl (C=O) groups is 1. The molecule has 1 saturated carbocycles. The molecule has 1 amide bonds. The highest BCUT2D eigenvalue weighted by molar-refractivity contribution is 5.78. The first kappa shape index (κ1) is 11.5. The third kappa shape index (κ3) is 2.98. The van der Waals surface area contributed by atoms with E-state index in [0.29, 0.717) is 12.1 Å². The van der Waals surface area contributed by atoms with Gasteiger partial charge in [-0.05, 0) is 33.4 Å². The largest absolute Gasteiger partial charge is 0.353 e. The van der Waals surface area contributed by atoms with Crippen LogP contribution in [0.15, 0.2) is 0 Å². The zero-order valence-corrected chi connectivity index (χ0v) is 9.71. The number of nitrogens with zero attached hydrogens (tertiary/aromatic N) is 1. The van der Waals surface area contributed by atoms with Crippen LogP contribution in [0.4, 0.5) is 0 Å². The van der Waals surface area contributed by atoms with Gasteiger partial charge in [-0.25, -0.2) is 0 Å². The van der Waals surface area contributed by atoms with E-state index in [4.69, 9.17) is 0 Å². The fourth-order valence-electron chi connectivity index (χ4n) is 1.93. The molecular weight excluding hydrogens is 176 g/mol. The third-order valence-corrected chi connectivity index (χ3v) is 3.01. The zero-order chi connectivity index (χ0) is 10.7. The molecule has 1 aliphatic carbocycles. The first-order chi connectivity index (χ1) is 6.50. The van der Waals surface area contributed by atoms with Crippen LogP contribution in [0.1, 0.15) is 33.1 Å². The Kier molecular flexibility index (Phi) is 3.93. The zero-order valence-electron chi connectivity index (χ0n) is 9.71. The SMILES string of the molecule is CC(C)C(=O)NC1CCC(N(C)C)C1. The Bertz CT molecular complexity index is 201. The van der Waals surface area contributed by atoms with Gasteiger partial charge in [-0.15, -0.1) is 0 Å². The number of hydrogen-bond donors (Lipinski definition) is 1. The van der Waals surface area contributed by atoms with Gasteiger partial charge in [0.1, 0.15) is 0 Å². The van der Waals surface area contributed by atoms with E-state index in [1.165, 1.54) is 6.42 Å². The van der Waals surface area contributed by atoms with Gasteiger partial charge in [0, 0.05) is 18.0 Å². The summed E-state index contributed by atoms with van der Waals surface area (Å²) in [6.45, 7) is 3.88. The molecular formula is C11H22N2O. The van der Waals surface area contributed by atoms with Crippen molar-refractivity contribution in [2.45, 2.75) is 45.2 Å². The van der Waals surface area contributed by atoms with Crippen molar-refractivity contribution in [1.82, 2.24) is 10.2 Å². The van der Waals surface area contributed by atoms with Crippen LogP contribution in [-0.4, -0.2) is 37.0 Å². The van der Waals surface area contributed by atoms with Gasteiger partial charge in [-0.2, -0.15) is 0 Å². The minimum atomic E-state index is 0.105. The van der Waals surface area contributed by atoms with Crippen LogP contribution in [0.2, 0.25) is 0 Å². The highest BCUT2D eigenvalue weighted by Gasteiger charge is 2.27. The lowest BCUT2D eigenvalue weighted by atomic mass is 10.1. The highest BCUT2D eigenvalue weighted by Crippen LogP contribution is 2.22. The van der Waals surface area contributed by atoms with Gasteiger partial charge >= 0.3 is 0 Å². The highest BCUT2D eigenvalue weighted by atomic mass is 16.1. The van der Waals surface area contributed by atoms with E-state index < -0.39 is 0 Å². The van der Waals surface area contributed by atoms with Gasteiger partial charge < -0.3 is 10.2 Å². The van der Waals surface area contributed by atoms with Gasteiger partial charge in [0.05, 0.1) is 0 Å². The van der Waals surface area contributed by atoms with Gasteiger partial charge in [0.15, 0.2) is 0 Å². The minimum absolute atomic E-state index is 0.105. The van der Waals surface area contributed by atoms with Crippen molar-refractivity contribution in [1.29, 1.82) is 0 Å². The molecule has 82 valence electrons. The standard InChI is InChI=1S/C11H22N2O/c1-8(2)11(14)12-9-5-6-10(7-9)13(3)4/h8-10H,5-7H2,1-4H3,(H,12,14). The lowest BCUT2D eigenvalue weighted by Crippen LogP contribution is -2.37. The summed E-state index contributed by atoms with van der Waals surface area (Å²) in [6, 6.07) is 1.05. The van der Waals surface area contributed by atoms with Crippen molar-refractivity contribution < 1.29 is 4.79 Å². The van der Waals surface area contributed by atoms with Gasteiger partial charge in [-0.1, -0.05) is 13.8 Å². The van der Waals surface area contributed by atoms with Gasteiger partial charge in [0.2, 0.25) is 5.91 Å². The van der Waals surface area contributed by atoms with E-state index in [2.05, 4.69) is 24.3 Å². The third-order valence-electron chi connectivity index (χ3n) is 3.01. The van der Waals surface area contributed by atoms with E-state index in [0.717, 1.165) is 12.8 Å². The van der Waals surface area contributed by atoms with Crippen LogP contribution < -0.4 is 5.32 Å². The summed E-state index contributed by atoms with van der Waals surface area (Å²) in [5.41, 5.74) is 0. The van der Waals surface area contributed by atoms with E-state index in [1.807, 2.05) is 13.8 Å². The molecule has 0 aliphatic heterocycles. The summed E-state index contributed by atoms with van der Waals surface area (Å²) in [7, 11) is 4.22. The predicted octanol–water partition coefficient (Wildman–Crippen LogP) is 1.24. The van der Waals surface area contributed by atoms with E-state index in [-0.39, 0.29) is 11.8 Å². The Morgan fingerprint density at radius 1 is 1.36 bits per heavy atom. The molecule has 0 aromatic heterocycles. The summed E-state index contributed by atoms with van der Waals surface area (Å²) in [6.07, 6.45) is 3.43. The fraction of sp³-hybridized carbons (Fsp3) is 0.909. The summed E-state index contributed by atoms with van der Waals surface area (Å²) < 4.78 is 0. The average molecular weight is 198 g/mol. The van der Waals surface area contributed by atoms with Crippen LogP contribution in [0.25, 0.3) is 0 Å². The number of nitrogens with one attached hydrogen (secondary N) is 1. The summed E-state index contributed by atoms with van der Waals surface area (Å²) in [5.74, 6) is 0.294. The van der Waals surface area contributed by atoms with Crippen molar-refractivity contribution >= 4 is 5.91 Å². The second kappa shape index (κ2) is 4.78. The Balaban J connectivity index is 2.32. The first-order valence-electron chi connectivity index (χ1n) is 5.47. The van der Waals surface area contributed by atoms with Gasteiger partial charge in [-0.3, -0.25) is 4.79 Å². The number of rotatable bonds is 3. The van der Waals surface area contributed by atoms with Crippen molar-refractivity contribution in [3.8, 4) is 0 Å². The molecule has 1 aliphatic rings. The van der Waals surface area contributed by atoms with Crippen molar-refractivity contribution in [2.24, 2.45) is 5.92 Å². The molecule has 0 spiro atoms. The lowest BCUT2D eigenvalue weighted by molar-refractivity contribution is -0.124. The molecule has 1 rings (SSSR count). The van der Waals surface area contributed by atoms with Crippen molar-refractivity contribution in [2.75, 3.05) is 14.1 Å². The van der Waals surface area contributed by atoms with Crippen LogP contribution in [0.5, 0.6) is 0 Å². The Hall–Kier alpha value is -0.570. The maximum Gasteiger partial charge on any atom is 0.222 e. The molecule has 1 N–H and O–H groups in total. The van der Waals surface area contributed by atoms with Crippen LogP contribution in [0.3, 0.4) is 0 Å². The quantitative estimate of drug-likeness (QED) is 0.740. The summed E-state index contributed by atoms with van der Waals surface area (Å²) >= 11 is 0. The van der Waals surface area contributed by atoms with E-state index in [9.17, 15) is 4.79 Å². The molecule has 3 heteroatoms. The average Bonchev–Trinajstić information content (AvgIpc) is 2.52. The smallest absolute Gasteiger partial charge is 0.222 e. The first-order valence-corrected chi connectivity index (χ1v) is 5.47. The van der Waals surface area contributed by atoms with Crippen molar-refractivity contribution in [3.63, 3.8) is 0 Å². The molecule has 2 unspecified atom stereocenters. The molecule has 2 atom stereocenters. The summed E-state index contributed by atoms with van der Waals surface area (Å²) in [4.78, 5) is 13.7. The molecule has 0 radical (unpaired) electrons. The lowest BCUT2D eigenvalue weighted by Gasteiger charge is -2.19. The number of carbonyl (C=O) groups excluding carboxylic acids is 1. The normalized spacial score (nSPS) is 27.3. The van der Waals surface area contributed by atoms with Crippen molar-refractivity contribution in [3.05, 3.63) is 0 Å². The fourth-order valence-corrected chi connectivity index (χ4v) is 1.93. The van der Waals surface area contributed by atoms with Crippen LogP contribution in [0, 0.1) is 5.92 Å². The second-order valence-electron chi connectivity index (χ2n) is 4.79. The van der Waals surface area contributed by atoms with Gasteiger partial charge in [0.25, 0.3) is 0 Å². The second-order valence-corrected chi connectivity index (χ2v) is 4.79. The van der Waals surface area contributed by atoms with E-state index >= 15 is 0 Å². The predicted molar refractivity (Wildman–Crippen MR) is 58.1 cm³/mol. The van der Waals surface area contributed by atoms with E-state index in [1.54, 1.807) is 0 Å². The molecule has 0 aromatic rings.